The second kappa shape index (κ2) is 18.8. The summed E-state index contributed by atoms with van der Waals surface area (Å²) < 4.78 is 97.1. The molecule has 0 saturated carbocycles. The molecule has 1 aliphatic rings. The van der Waals surface area contributed by atoms with E-state index < -0.39 is 81.4 Å². The number of fused-ring (bicyclic) bond motifs is 1. The van der Waals surface area contributed by atoms with Gasteiger partial charge < -0.3 is 44.3 Å². The fourth-order valence-corrected chi connectivity index (χ4v) is 10.6. The summed E-state index contributed by atoms with van der Waals surface area (Å²) >= 11 is 0. The Balaban J connectivity index is 2.20. The molecule has 29 heteroatoms. The van der Waals surface area contributed by atoms with Gasteiger partial charge in [-0.3, -0.25) is 32.4 Å². The lowest BCUT2D eigenvalue weighted by molar-refractivity contribution is -0.0501. The highest BCUT2D eigenvalue weighted by Crippen LogP contribution is 2.64. The second-order valence-electron chi connectivity index (χ2n) is 14.6. The van der Waals surface area contributed by atoms with Gasteiger partial charge in [0.15, 0.2) is 25.7 Å². The van der Waals surface area contributed by atoms with E-state index in [1.165, 1.54) is 10.9 Å². The van der Waals surface area contributed by atoms with Crippen LogP contribution in [0.25, 0.3) is 11.2 Å². The van der Waals surface area contributed by atoms with Gasteiger partial charge in [0, 0.05) is 0 Å². The van der Waals surface area contributed by atoms with E-state index in [0.29, 0.717) is 13.1 Å². The molecule has 1 aliphatic heterocycles. The monoisotopic (exact) mass is 887 g/mol. The number of phosphoric acid groups is 4. The first-order chi connectivity index (χ1) is 25.0. The Morgan fingerprint density at radius 1 is 0.909 bits per heavy atom. The topological polar surface area (TPSA) is 319 Å². The van der Waals surface area contributed by atoms with Crippen molar-refractivity contribution in [2.45, 2.75) is 76.3 Å². The molecule has 318 valence electrons. The predicted octanol–water partition coefficient (Wildman–Crippen LogP) is 2.76. The second-order valence-corrected chi connectivity index (χ2v) is 25.4. The van der Waals surface area contributed by atoms with Gasteiger partial charge in [0.2, 0.25) is 5.95 Å². The van der Waals surface area contributed by atoms with Crippen LogP contribution in [0.1, 0.15) is 39.8 Å². The zero-order chi connectivity index (χ0) is 41.8. The number of aromatic nitrogens is 4. The van der Waals surface area contributed by atoms with Crippen molar-refractivity contribution in [2.24, 2.45) is 0 Å². The number of nitrogens with zero attached hydrogens (tertiary/aromatic N) is 5. The summed E-state index contributed by atoms with van der Waals surface area (Å²) in [5.41, 5.74) is 4.85. The number of aromatic amines is 1. The molecule has 7 N–H and O–H groups in total. The molecule has 2 aromatic rings. The summed E-state index contributed by atoms with van der Waals surface area (Å²) in [6.45, 7) is 8.54. The van der Waals surface area contributed by atoms with Crippen LogP contribution in [0.15, 0.2) is 11.1 Å². The van der Waals surface area contributed by atoms with Crippen LogP contribution >= 0.6 is 31.3 Å². The summed E-state index contributed by atoms with van der Waals surface area (Å²) in [6.07, 6.45) is -4.68. The number of nitrogens with one attached hydrogen (secondary N) is 1. The van der Waals surface area contributed by atoms with E-state index >= 15 is 0 Å². The minimum atomic E-state index is -5.59. The first-order valence-corrected chi connectivity index (χ1v) is 25.6. The fraction of sp³-hybridized carbons (Fsp3) is 0.808. The summed E-state index contributed by atoms with van der Waals surface area (Å²) in [4.78, 5) is 65.6. The van der Waals surface area contributed by atoms with Crippen molar-refractivity contribution in [1.29, 1.82) is 0 Å². The van der Waals surface area contributed by atoms with Gasteiger partial charge in [0.05, 0.1) is 26.1 Å². The molecule has 24 nitrogen and oxygen atoms in total. The molecule has 0 radical (unpaired) electrons. The van der Waals surface area contributed by atoms with Crippen LogP contribution in [0.3, 0.4) is 0 Å². The van der Waals surface area contributed by atoms with Crippen LogP contribution in [-0.2, 0) is 54.1 Å². The number of nitrogens with two attached hydrogens (primary N) is 1. The van der Waals surface area contributed by atoms with Gasteiger partial charge in [0.1, 0.15) is 18.3 Å². The Kier molecular flexibility index (Phi) is 16.4. The Bertz CT molecular complexity index is 1850. The number of phosphoric ester groups is 2. The highest BCUT2D eigenvalue weighted by atomic mass is 31.3. The van der Waals surface area contributed by atoms with Crippen molar-refractivity contribution in [2.75, 3.05) is 66.8 Å². The number of nitrogen functional groups attached to an aromatic ring is 1. The molecule has 0 aliphatic carbocycles. The average Bonchev–Trinajstić information content (AvgIpc) is 3.55. The van der Waals surface area contributed by atoms with Gasteiger partial charge in [0.25, 0.3) is 5.56 Å². The van der Waals surface area contributed by atoms with Crippen molar-refractivity contribution in [3.8, 4) is 0 Å². The largest absolute Gasteiger partial charge is 0.484 e. The quantitative estimate of drug-likeness (QED) is 0.0562. The van der Waals surface area contributed by atoms with Crippen molar-refractivity contribution >= 4 is 56.7 Å². The lowest BCUT2D eigenvalue weighted by Crippen LogP contribution is -2.49. The highest BCUT2D eigenvalue weighted by molar-refractivity contribution is 7.61. The summed E-state index contributed by atoms with van der Waals surface area (Å²) in [5.74, 6) is -0.292. The number of imidazole rings is 1. The fourth-order valence-electron chi connectivity index (χ4n) is 4.81. The lowest BCUT2D eigenvalue weighted by atomic mass is 10.1. The molecule has 6 atom stereocenters. The SMILES string of the molecule is CN(C)CCCOP(=O)(OCC1OC(n2cnc3c(=O)[nH]c(N)nc32)C(O[Si](C)(C)C(C)(C)C)C1OP(=O)(OCCCN(C)C)OP(=O)(O)O)OP(=O)(O)O. The van der Waals surface area contributed by atoms with Crippen molar-refractivity contribution in [3.05, 3.63) is 16.7 Å². The summed E-state index contributed by atoms with van der Waals surface area (Å²) in [7, 11) is -17.5. The summed E-state index contributed by atoms with van der Waals surface area (Å²) in [5, 5.41) is -0.518. The van der Waals surface area contributed by atoms with Crippen molar-refractivity contribution in [3.63, 3.8) is 0 Å². The highest BCUT2D eigenvalue weighted by Gasteiger charge is 2.56. The van der Waals surface area contributed by atoms with Gasteiger partial charge in [-0.05, 0) is 72.3 Å². The van der Waals surface area contributed by atoms with Gasteiger partial charge >= 0.3 is 31.3 Å². The third-order valence-electron chi connectivity index (χ3n) is 8.31. The van der Waals surface area contributed by atoms with Crippen LogP contribution < -0.4 is 11.3 Å². The van der Waals surface area contributed by atoms with Crippen LogP contribution in [0.2, 0.25) is 18.1 Å². The van der Waals surface area contributed by atoms with Gasteiger partial charge in [-0.15, -0.1) is 0 Å². The van der Waals surface area contributed by atoms with Gasteiger partial charge in [-0.2, -0.15) is 13.6 Å². The van der Waals surface area contributed by atoms with Crippen molar-refractivity contribution in [1.82, 2.24) is 29.3 Å². The first-order valence-electron chi connectivity index (χ1n) is 16.7. The third-order valence-corrected chi connectivity index (χ3v) is 18.0. The van der Waals surface area contributed by atoms with E-state index in [9.17, 15) is 42.6 Å². The van der Waals surface area contributed by atoms with Crippen LogP contribution in [-0.4, -0.2) is 137 Å². The molecule has 3 rings (SSSR count). The van der Waals surface area contributed by atoms with Crippen LogP contribution in [0.5, 0.6) is 0 Å². The smallest absolute Gasteiger partial charge is 0.407 e. The number of ether oxygens (including phenoxy) is 1. The number of hydrogen-bond acceptors (Lipinski definition) is 18. The maximum Gasteiger partial charge on any atom is 0.484 e. The maximum absolute atomic E-state index is 14.2. The molecular weight excluding hydrogens is 834 g/mol. The predicted molar refractivity (Wildman–Crippen MR) is 199 cm³/mol. The maximum atomic E-state index is 14.2. The zero-order valence-corrected chi connectivity index (χ0v) is 36.6. The molecule has 55 heavy (non-hydrogen) atoms. The Morgan fingerprint density at radius 2 is 1.44 bits per heavy atom. The number of hydrogen-bond donors (Lipinski definition) is 6. The zero-order valence-electron chi connectivity index (χ0n) is 32.0. The minimum absolute atomic E-state index is 0.107. The number of rotatable bonds is 22. The van der Waals surface area contributed by atoms with Crippen LogP contribution in [0, 0.1) is 0 Å². The van der Waals surface area contributed by atoms with Crippen molar-refractivity contribution < 1.29 is 73.7 Å². The Morgan fingerprint density at radius 3 is 1.95 bits per heavy atom. The number of anilines is 1. The minimum Gasteiger partial charge on any atom is -0.407 e. The Labute approximate surface area is 319 Å². The van der Waals surface area contributed by atoms with E-state index in [-0.39, 0.29) is 43.2 Å². The van der Waals surface area contributed by atoms with E-state index in [1.807, 2.05) is 33.9 Å². The standard InChI is InChI=1S/C26H53N7O17P4Si/c1-26(2,3)55(8,9)48-21-20(47-54(42,50-52(38,39)40)44-15-11-13-32(6)7)18(16-45-53(41,49-51(35,36)37)43-14-10-12-31(4)5)46-24(21)33-17-28-19-22(33)29-25(27)30-23(19)34/h17-18,20-21,24H,10-16H2,1-9H3,(H2,35,36,37)(H2,38,39,40)(H3,27,29,30,34). The molecule has 1 saturated heterocycles. The van der Waals surface area contributed by atoms with E-state index in [0.717, 1.165) is 0 Å². The normalized spacial score (nSPS) is 22.5. The summed E-state index contributed by atoms with van der Waals surface area (Å²) in [6, 6.07) is 0. The van der Waals surface area contributed by atoms with Gasteiger partial charge in [-0.1, -0.05) is 20.8 Å². The first kappa shape index (κ1) is 48.1. The molecule has 0 aromatic carbocycles. The van der Waals surface area contributed by atoms with E-state index in [1.54, 1.807) is 38.0 Å². The molecule has 1 fully saturated rings. The molecule has 2 aromatic heterocycles. The molecule has 0 spiro atoms. The molecule has 0 amide bonds. The molecule has 3 heterocycles. The van der Waals surface area contributed by atoms with E-state index in [2.05, 4.69) is 23.6 Å². The molecule has 0 bridgehead atoms. The Hall–Kier alpha value is -1.27. The number of H-pyrrole nitrogens is 1. The van der Waals surface area contributed by atoms with E-state index in [4.69, 9.17) is 33.0 Å². The lowest BCUT2D eigenvalue weighted by Gasteiger charge is -2.40. The average molecular weight is 888 g/mol. The molecule has 6 unspecified atom stereocenters. The molecular formula is C26H53N7O17P4Si. The van der Waals surface area contributed by atoms with Gasteiger partial charge in [-0.25, -0.2) is 23.2 Å². The van der Waals surface area contributed by atoms with Crippen LogP contribution in [0.4, 0.5) is 5.95 Å². The third kappa shape index (κ3) is 14.5.